The maximum absolute atomic E-state index is 14.0. The first-order valence-electron chi connectivity index (χ1n) is 9.71. The van der Waals surface area contributed by atoms with Crippen LogP contribution in [0.1, 0.15) is 43.9 Å². The van der Waals surface area contributed by atoms with Crippen molar-refractivity contribution in [2.45, 2.75) is 44.3 Å². The second-order valence-corrected chi connectivity index (χ2v) is 7.72. The minimum Gasteiger partial charge on any atom is -0.491 e. The van der Waals surface area contributed by atoms with Gasteiger partial charge >= 0.3 is 6.03 Å². The number of aliphatic hydroxyl groups is 1. The number of amides is 2. The van der Waals surface area contributed by atoms with Crippen molar-refractivity contribution in [3.63, 3.8) is 0 Å². The second kappa shape index (κ2) is 8.78. The number of aliphatic hydroxyl groups excluding tert-OH is 1. The lowest BCUT2D eigenvalue weighted by molar-refractivity contribution is 0.172. The molecule has 2 aromatic carbocycles. The van der Waals surface area contributed by atoms with E-state index in [-0.39, 0.29) is 19.2 Å². The molecule has 1 fully saturated rings. The van der Waals surface area contributed by atoms with Crippen molar-refractivity contribution in [2.75, 3.05) is 13.1 Å². The van der Waals surface area contributed by atoms with Gasteiger partial charge in [0.05, 0.1) is 12.2 Å². The summed E-state index contributed by atoms with van der Waals surface area (Å²) in [5.74, 6) is -0.500. The highest BCUT2D eigenvalue weighted by atomic mass is 19.1. The molecule has 1 saturated carbocycles. The summed E-state index contributed by atoms with van der Waals surface area (Å²) in [4.78, 5) is 12.1. The van der Waals surface area contributed by atoms with Gasteiger partial charge in [-0.1, -0.05) is 18.2 Å². The highest BCUT2D eigenvalue weighted by Crippen LogP contribution is 2.48. The molecule has 0 saturated heterocycles. The number of ether oxygens (including phenoxy) is 1. The first kappa shape index (κ1) is 21.0. The van der Waals surface area contributed by atoms with Gasteiger partial charge < -0.3 is 20.5 Å². The summed E-state index contributed by atoms with van der Waals surface area (Å²) in [7, 11) is 0. The standard InChI is InChI=1S/C22H26F2N2O3/c1-14(2)29-17-6-3-15(4-7-17)20(27)12-25-21(28)26-13-22(9-10-22)18-8-5-16(23)11-19(18)24/h3-8,11,14,20,27H,9-10,12-13H2,1-2H3,(H2,25,26,28). The Bertz CT molecular complexity index is 852. The Morgan fingerprint density at radius 1 is 1.14 bits per heavy atom. The van der Waals surface area contributed by atoms with Crippen molar-refractivity contribution >= 4 is 6.03 Å². The zero-order valence-corrected chi connectivity index (χ0v) is 16.5. The Kier molecular flexibility index (Phi) is 6.37. The average Bonchev–Trinajstić information content (AvgIpc) is 3.45. The summed E-state index contributed by atoms with van der Waals surface area (Å²) in [6, 6.07) is 10.1. The van der Waals surface area contributed by atoms with E-state index in [1.54, 1.807) is 24.3 Å². The first-order chi connectivity index (χ1) is 13.8. The fourth-order valence-corrected chi connectivity index (χ4v) is 3.27. The van der Waals surface area contributed by atoms with Crippen molar-refractivity contribution < 1.29 is 23.4 Å². The monoisotopic (exact) mass is 404 g/mol. The highest BCUT2D eigenvalue weighted by molar-refractivity contribution is 5.74. The third kappa shape index (κ3) is 5.44. The van der Waals surface area contributed by atoms with Crippen LogP contribution in [0.25, 0.3) is 0 Å². The Balaban J connectivity index is 1.47. The third-order valence-corrected chi connectivity index (χ3v) is 5.04. The molecule has 2 aromatic rings. The van der Waals surface area contributed by atoms with Gasteiger partial charge in [-0.15, -0.1) is 0 Å². The number of carbonyl (C=O) groups excluding carboxylic acids is 1. The van der Waals surface area contributed by atoms with Crippen molar-refractivity contribution in [3.8, 4) is 5.75 Å². The lowest BCUT2D eigenvalue weighted by Gasteiger charge is -2.19. The van der Waals surface area contributed by atoms with Crippen molar-refractivity contribution in [1.29, 1.82) is 0 Å². The van der Waals surface area contributed by atoms with Crippen LogP contribution in [0.5, 0.6) is 5.75 Å². The third-order valence-electron chi connectivity index (χ3n) is 5.04. The number of nitrogens with one attached hydrogen (secondary N) is 2. The number of carbonyl (C=O) groups is 1. The molecule has 0 bridgehead atoms. The van der Waals surface area contributed by atoms with E-state index in [4.69, 9.17) is 4.74 Å². The fraction of sp³-hybridized carbons (Fsp3) is 0.409. The minimum absolute atomic E-state index is 0.0358. The van der Waals surface area contributed by atoms with Gasteiger partial charge in [-0.05, 0) is 56.0 Å². The van der Waals surface area contributed by atoms with Crippen LogP contribution in [0.3, 0.4) is 0 Å². The zero-order chi connectivity index (χ0) is 21.0. The molecule has 0 aromatic heterocycles. The summed E-state index contributed by atoms with van der Waals surface area (Å²) >= 11 is 0. The van der Waals surface area contributed by atoms with E-state index in [9.17, 15) is 18.7 Å². The molecular weight excluding hydrogens is 378 g/mol. The number of hydrogen-bond acceptors (Lipinski definition) is 3. The minimum atomic E-state index is -0.863. The van der Waals surface area contributed by atoms with Gasteiger partial charge in [-0.3, -0.25) is 0 Å². The molecular formula is C22H26F2N2O3. The maximum atomic E-state index is 14.0. The van der Waals surface area contributed by atoms with E-state index in [1.165, 1.54) is 12.1 Å². The summed E-state index contributed by atoms with van der Waals surface area (Å²) < 4.78 is 32.7. The van der Waals surface area contributed by atoms with Gasteiger partial charge in [-0.25, -0.2) is 13.6 Å². The van der Waals surface area contributed by atoms with Crippen LogP contribution in [0.4, 0.5) is 13.6 Å². The summed E-state index contributed by atoms with van der Waals surface area (Å²) in [6.07, 6.45) is 0.652. The van der Waals surface area contributed by atoms with E-state index in [1.807, 2.05) is 13.8 Å². The van der Waals surface area contributed by atoms with Crippen molar-refractivity contribution in [1.82, 2.24) is 10.6 Å². The Morgan fingerprint density at radius 2 is 1.83 bits per heavy atom. The van der Waals surface area contributed by atoms with Gasteiger partial charge in [0.25, 0.3) is 0 Å². The number of rotatable bonds is 8. The lowest BCUT2D eigenvalue weighted by atomic mass is 9.95. The van der Waals surface area contributed by atoms with Crippen LogP contribution in [-0.4, -0.2) is 30.3 Å². The molecule has 0 radical (unpaired) electrons. The molecule has 1 atom stereocenters. The summed E-state index contributed by atoms with van der Waals surface area (Å²) in [6.45, 7) is 4.15. The normalized spacial score (nSPS) is 15.7. The molecule has 1 aliphatic rings. The van der Waals surface area contributed by atoms with E-state index < -0.39 is 29.2 Å². The molecule has 7 heteroatoms. The molecule has 2 amide bonds. The van der Waals surface area contributed by atoms with Crippen LogP contribution in [0.2, 0.25) is 0 Å². The predicted octanol–water partition coefficient (Wildman–Crippen LogP) is 3.82. The van der Waals surface area contributed by atoms with Crippen LogP contribution in [0.15, 0.2) is 42.5 Å². The summed E-state index contributed by atoms with van der Waals surface area (Å²) in [5, 5.41) is 15.6. The number of halogens is 2. The number of benzene rings is 2. The highest BCUT2D eigenvalue weighted by Gasteiger charge is 2.46. The zero-order valence-electron chi connectivity index (χ0n) is 16.5. The van der Waals surface area contributed by atoms with Crippen LogP contribution < -0.4 is 15.4 Å². The second-order valence-electron chi connectivity index (χ2n) is 7.72. The van der Waals surface area contributed by atoms with Gasteiger partial charge in [0.15, 0.2) is 0 Å². The van der Waals surface area contributed by atoms with Gasteiger partial charge in [-0.2, -0.15) is 0 Å². The Labute approximate surface area is 169 Å². The molecule has 156 valence electrons. The van der Waals surface area contributed by atoms with E-state index >= 15 is 0 Å². The quantitative estimate of drug-likeness (QED) is 0.627. The first-order valence-corrected chi connectivity index (χ1v) is 9.71. The predicted molar refractivity (Wildman–Crippen MR) is 106 cm³/mol. The fourth-order valence-electron chi connectivity index (χ4n) is 3.27. The molecule has 1 aliphatic carbocycles. The molecule has 29 heavy (non-hydrogen) atoms. The lowest BCUT2D eigenvalue weighted by Crippen LogP contribution is -2.41. The molecule has 0 aliphatic heterocycles. The maximum Gasteiger partial charge on any atom is 0.314 e. The van der Waals surface area contributed by atoms with Gasteiger partial charge in [0.1, 0.15) is 17.4 Å². The molecule has 0 heterocycles. The van der Waals surface area contributed by atoms with Crippen LogP contribution in [-0.2, 0) is 5.41 Å². The Morgan fingerprint density at radius 3 is 2.41 bits per heavy atom. The largest absolute Gasteiger partial charge is 0.491 e. The molecule has 5 nitrogen and oxygen atoms in total. The molecule has 3 N–H and O–H groups in total. The Hall–Kier alpha value is -2.67. The van der Waals surface area contributed by atoms with E-state index in [0.717, 1.165) is 18.9 Å². The van der Waals surface area contributed by atoms with E-state index in [0.29, 0.717) is 16.9 Å². The molecule has 1 unspecified atom stereocenters. The van der Waals surface area contributed by atoms with E-state index in [2.05, 4.69) is 10.6 Å². The topological polar surface area (TPSA) is 70.6 Å². The molecule has 0 spiro atoms. The average molecular weight is 404 g/mol. The SMILES string of the molecule is CC(C)Oc1ccc(C(O)CNC(=O)NCC2(c3ccc(F)cc3F)CC2)cc1. The van der Waals surface area contributed by atoms with Crippen LogP contribution in [0, 0.1) is 11.6 Å². The molecule has 3 rings (SSSR count). The summed E-state index contributed by atoms with van der Waals surface area (Å²) in [5.41, 5.74) is 0.594. The number of hydrogen-bond donors (Lipinski definition) is 3. The smallest absolute Gasteiger partial charge is 0.314 e. The van der Waals surface area contributed by atoms with Gasteiger partial charge in [0.2, 0.25) is 0 Å². The van der Waals surface area contributed by atoms with Crippen molar-refractivity contribution in [2.24, 2.45) is 0 Å². The van der Waals surface area contributed by atoms with Crippen LogP contribution >= 0.6 is 0 Å². The van der Waals surface area contributed by atoms with Crippen molar-refractivity contribution in [3.05, 3.63) is 65.2 Å². The number of urea groups is 1. The van der Waals surface area contributed by atoms with Gasteiger partial charge in [0, 0.05) is 24.6 Å².